The smallest absolute Gasteiger partial charge is 0.266 e. The lowest BCUT2D eigenvalue weighted by Crippen LogP contribution is -2.32. The lowest BCUT2D eigenvalue weighted by molar-refractivity contribution is -0.122. The minimum absolute atomic E-state index is 0.0936. The van der Waals surface area contributed by atoms with Crippen LogP contribution in [0.1, 0.15) is 23.2 Å². The molecule has 5 heteroatoms. The van der Waals surface area contributed by atoms with Crippen LogP contribution in [-0.2, 0) is 31.1 Å². The fourth-order valence-corrected chi connectivity index (χ4v) is 3.20. The zero-order chi connectivity index (χ0) is 14.4. The monoisotopic (exact) mass is 283 g/mol. The van der Waals surface area contributed by atoms with Crippen molar-refractivity contribution in [3.05, 3.63) is 41.1 Å². The van der Waals surface area contributed by atoms with Gasteiger partial charge in [-0.05, 0) is 30.9 Å². The third-order valence-electron chi connectivity index (χ3n) is 4.25. The third-order valence-corrected chi connectivity index (χ3v) is 4.25. The molecule has 1 aromatic heterocycles. The highest BCUT2D eigenvalue weighted by molar-refractivity contribution is 5.95. The summed E-state index contributed by atoms with van der Waals surface area (Å²) in [7, 11) is 1.87. The molecule has 1 aliphatic heterocycles. The molecule has 0 fully saturated rings. The maximum absolute atomic E-state index is 12.5. The summed E-state index contributed by atoms with van der Waals surface area (Å²) < 4.78 is 7.50. The maximum atomic E-state index is 12.5. The summed E-state index contributed by atoms with van der Waals surface area (Å²) in [5.74, 6) is 1.55. The highest BCUT2D eigenvalue weighted by Crippen LogP contribution is 2.31. The number of aromatic nitrogens is 2. The van der Waals surface area contributed by atoms with Crippen molar-refractivity contribution in [2.75, 3.05) is 5.32 Å². The van der Waals surface area contributed by atoms with Gasteiger partial charge in [-0.15, -0.1) is 0 Å². The number of para-hydroxylation sites is 1. The first-order chi connectivity index (χ1) is 10.2. The molecule has 4 rings (SSSR count). The molecule has 2 heterocycles. The molecule has 108 valence electrons. The minimum Gasteiger partial charge on any atom is -0.480 e. The van der Waals surface area contributed by atoms with Crippen LogP contribution in [0.3, 0.4) is 0 Å². The summed E-state index contributed by atoms with van der Waals surface area (Å²) in [5, 5.41) is 7.48. The number of fused-ring (bicyclic) bond motifs is 2. The molecule has 0 bridgehead atoms. The van der Waals surface area contributed by atoms with Crippen LogP contribution in [0.25, 0.3) is 0 Å². The van der Waals surface area contributed by atoms with E-state index in [1.165, 1.54) is 5.56 Å². The Balaban J connectivity index is 1.53. The number of carbonyl (C=O) groups is 1. The van der Waals surface area contributed by atoms with Gasteiger partial charge in [0.15, 0.2) is 6.10 Å². The fraction of sp³-hybridized carbons (Fsp3) is 0.375. The van der Waals surface area contributed by atoms with E-state index in [1.54, 1.807) is 4.68 Å². The second-order valence-electron chi connectivity index (χ2n) is 5.66. The van der Waals surface area contributed by atoms with Gasteiger partial charge < -0.3 is 10.1 Å². The average Bonchev–Trinajstić information content (AvgIpc) is 3.15. The number of rotatable bonds is 2. The van der Waals surface area contributed by atoms with E-state index in [1.807, 2.05) is 31.3 Å². The fourth-order valence-electron chi connectivity index (χ4n) is 3.20. The zero-order valence-corrected chi connectivity index (χ0v) is 11.9. The van der Waals surface area contributed by atoms with Crippen LogP contribution in [0, 0.1) is 0 Å². The number of hydrogen-bond donors (Lipinski definition) is 1. The Kier molecular flexibility index (Phi) is 2.74. The van der Waals surface area contributed by atoms with E-state index in [0.717, 1.165) is 42.1 Å². The molecule has 2 aliphatic rings. The van der Waals surface area contributed by atoms with Gasteiger partial charge in [0.25, 0.3) is 5.91 Å². The number of aryl methyl sites for hydroxylation is 2. The van der Waals surface area contributed by atoms with Crippen molar-refractivity contribution in [3.63, 3.8) is 0 Å². The van der Waals surface area contributed by atoms with E-state index < -0.39 is 6.10 Å². The molecule has 0 spiro atoms. The topological polar surface area (TPSA) is 56.2 Å². The van der Waals surface area contributed by atoms with Gasteiger partial charge in [-0.3, -0.25) is 9.48 Å². The normalized spacial score (nSPS) is 19.0. The second kappa shape index (κ2) is 4.62. The largest absolute Gasteiger partial charge is 0.480 e. The first-order valence-corrected chi connectivity index (χ1v) is 7.32. The SMILES string of the molecule is Cn1nc2c(c1NC(=O)[C@@H]1Cc3ccccc3O1)CCC2. The molecule has 5 nitrogen and oxygen atoms in total. The van der Waals surface area contributed by atoms with E-state index in [2.05, 4.69) is 10.4 Å². The third kappa shape index (κ3) is 2.00. The molecule has 0 radical (unpaired) electrons. The zero-order valence-electron chi connectivity index (χ0n) is 11.9. The molecule has 0 saturated heterocycles. The lowest BCUT2D eigenvalue weighted by Gasteiger charge is -2.12. The molecule has 1 aliphatic carbocycles. The molecule has 0 saturated carbocycles. The van der Waals surface area contributed by atoms with Gasteiger partial charge in [0, 0.05) is 19.0 Å². The van der Waals surface area contributed by atoms with Crippen LogP contribution >= 0.6 is 0 Å². The van der Waals surface area contributed by atoms with E-state index in [9.17, 15) is 4.79 Å². The number of benzene rings is 1. The second-order valence-corrected chi connectivity index (χ2v) is 5.66. The number of anilines is 1. The summed E-state index contributed by atoms with van der Waals surface area (Å²) >= 11 is 0. The molecule has 2 aromatic rings. The van der Waals surface area contributed by atoms with Gasteiger partial charge >= 0.3 is 0 Å². The van der Waals surface area contributed by atoms with Crippen LogP contribution < -0.4 is 10.1 Å². The summed E-state index contributed by atoms with van der Waals surface area (Å²) in [6, 6.07) is 7.80. The first kappa shape index (κ1) is 12.4. The number of amides is 1. The Bertz CT molecular complexity index is 695. The van der Waals surface area contributed by atoms with E-state index in [4.69, 9.17) is 4.74 Å². The van der Waals surface area contributed by atoms with Gasteiger partial charge in [0.1, 0.15) is 11.6 Å². The molecular formula is C16H17N3O2. The van der Waals surface area contributed by atoms with Gasteiger partial charge in [-0.25, -0.2) is 0 Å². The highest BCUT2D eigenvalue weighted by Gasteiger charge is 2.30. The molecule has 1 N–H and O–H groups in total. The van der Waals surface area contributed by atoms with Crippen LogP contribution in [-0.4, -0.2) is 21.8 Å². The number of nitrogens with one attached hydrogen (secondary N) is 1. The summed E-state index contributed by atoms with van der Waals surface area (Å²) in [4.78, 5) is 12.5. The van der Waals surface area contributed by atoms with Gasteiger partial charge in [0.05, 0.1) is 5.69 Å². The summed E-state index contributed by atoms with van der Waals surface area (Å²) in [6.45, 7) is 0. The molecule has 0 unspecified atom stereocenters. The lowest BCUT2D eigenvalue weighted by atomic mass is 10.1. The van der Waals surface area contributed by atoms with Crippen molar-refractivity contribution < 1.29 is 9.53 Å². The summed E-state index contributed by atoms with van der Waals surface area (Å²) in [6.07, 6.45) is 3.29. The molecule has 1 amide bonds. The van der Waals surface area contributed by atoms with Crippen LogP contribution in [0.15, 0.2) is 24.3 Å². The predicted octanol–water partition coefficient (Wildman–Crippen LogP) is 1.85. The highest BCUT2D eigenvalue weighted by atomic mass is 16.5. The van der Waals surface area contributed by atoms with Gasteiger partial charge in [-0.2, -0.15) is 5.10 Å². The molecular weight excluding hydrogens is 266 g/mol. The van der Waals surface area contributed by atoms with Gasteiger partial charge in [0.2, 0.25) is 0 Å². The minimum atomic E-state index is -0.450. The maximum Gasteiger partial charge on any atom is 0.266 e. The van der Waals surface area contributed by atoms with E-state index >= 15 is 0 Å². The number of hydrogen-bond acceptors (Lipinski definition) is 3. The Morgan fingerprint density at radius 1 is 1.38 bits per heavy atom. The molecule has 1 aromatic carbocycles. The Labute approximate surface area is 122 Å². The molecule has 21 heavy (non-hydrogen) atoms. The van der Waals surface area contributed by atoms with Crippen molar-refractivity contribution in [3.8, 4) is 5.75 Å². The predicted molar refractivity (Wildman–Crippen MR) is 78.4 cm³/mol. The van der Waals surface area contributed by atoms with Crippen molar-refractivity contribution in [2.45, 2.75) is 31.8 Å². The quantitative estimate of drug-likeness (QED) is 0.915. The number of nitrogens with zero attached hydrogens (tertiary/aromatic N) is 2. The Morgan fingerprint density at radius 2 is 2.24 bits per heavy atom. The van der Waals surface area contributed by atoms with E-state index in [-0.39, 0.29) is 5.91 Å². The first-order valence-electron chi connectivity index (χ1n) is 7.32. The van der Waals surface area contributed by atoms with Crippen molar-refractivity contribution in [2.24, 2.45) is 7.05 Å². The van der Waals surface area contributed by atoms with Crippen LogP contribution in [0.5, 0.6) is 5.75 Å². The Morgan fingerprint density at radius 3 is 3.10 bits per heavy atom. The average molecular weight is 283 g/mol. The summed E-state index contributed by atoms with van der Waals surface area (Å²) in [5.41, 5.74) is 3.39. The van der Waals surface area contributed by atoms with Crippen LogP contribution in [0.4, 0.5) is 5.82 Å². The van der Waals surface area contributed by atoms with Gasteiger partial charge in [-0.1, -0.05) is 18.2 Å². The van der Waals surface area contributed by atoms with Crippen LogP contribution in [0.2, 0.25) is 0 Å². The van der Waals surface area contributed by atoms with E-state index in [0.29, 0.717) is 6.42 Å². The van der Waals surface area contributed by atoms with Crippen molar-refractivity contribution in [1.29, 1.82) is 0 Å². The molecule has 1 atom stereocenters. The standard InChI is InChI=1S/C16H17N3O2/c1-19-15(11-6-4-7-12(11)18-19)17-16(20)14-9-10-5-2-3-8-13(10)21-14/h2-3,5,8,14H,4,6-7,9H2,1H3,(H,17,20)/t14-/m0/s1. The number of carbonyl (C=O) groups excluding carboxylic acids is 1. The Hall–Kier alpha value is -2.30. The van der Waals surface area contributed by atoms with Crippen molar-refractivity contribution in [1.82, 2.24) is 9.78 Å². The number of ether oxygens (including phenoxy) is 1. The van der Waals surface area contributed by atoms with Crippen molar-refractivity contribution >= 4 is 11.7 Å².